The number of hydrogen-bond acceptors (Lipinski definition) is 2. The molecule has 0 radical (unpaired) electrons. The van der Waals surface area contributed by atoms with Gasteiger partial charge in [0.2, 0.25) is 0 Å². The van der Waals surface area contributed by atoms with Crippen molar-refractivity contribution in [2.45, 2.75) is 39.5 Å². The van der Waals surface area contributed by atoms with Crippen LogP contribution in [-0.4, -0.2) is 12.5 Å². The second kappa shape index (κ2) is 7.37. The summed E-state index contributed by atoms with van der Waals surface area (Å²) in [6.45, 7) is 5.36. The third-order valence-corrected chi connectivity index (χ3v) is 4.56. The van der Waals surface area contributed by atoms with Gasteiger partial charge < -0.3 is 11.1 Å². The Hall–Kier alpha value is -0.930. The van der Waals surface area contributed by atoms with Crippen LogP contribution in [0, 0.1) is 11.3 Å². The van der Waals surface area contributed by atoms with Crippen molar-refractivity contribution in [2.75, 3.05) is 12.3 Å². The van der Waals surface area contributed by atoms with E-state index >= 15 is 0 Å². The molecule has 0 atom stereocenters. The number of carbonyl (C=O) groups is 1. The van der Waals surface area contributed by atoms with Crippen LogP contribution in [-0.2, 0) is 0 Å². The van der Waals surface area contributed by atoms with Gasteiger partial charge in [0.25, 0.3) is 5.91 Å². The lowest BCUT2D eigenvalue weighted by Crippen LogP contribution is -2.32. The number of carbonyl (C=O) groups excluding carboxylic acids is 1. The molecule has 1 amide bonds. The first kappa shape index (κ1) is 18.1. The van der Waals surface area contributed by atoms with Gasteiger partial charge in [-0.1, -0.05) is 25.4 Å². The molecule has 0 saturated heterocycles. The molecule has 21 heavy (non-hydrogen) atoms. The molecule has 1 fully saturated rings. The van der Waals surface area contributed by atoms with Crippen molar-refractivity contribution in [3.8, 4) is 0 Å². The molecule has 3 nitrogen and oxygen atoms in total. The number of nitrogen functional groups attached to an aromatic ring is 1. The van der Waals surface area contributed by atoms with Gasteiger partial charge in [-0.2, -0.15) is 0 Å². The zero-order valence-electron chi connectivity index (χ0n) is 12.6. The smallest absolute Gasteiger partial charge is 0.252 e. The molecule has 3 N–H and O–H groups in total. The number of nitrogens with one attached hydrogen (secondary N) is 1. The Kier molecular flexibility index (Phi) is 6.36. The Morgan fingerprint density at radius 2 is 2.00 bits per heavy atom. The summed E-state index contributed by atoms with van der Waals surface area (Å²) in [6, 6.07) is 4.99. The first-order valence-electron chi connectivity index (χ1n) is 7.21. The fourth-order valence-corrected chi connectivity index (χ4v) is 2.99. The summed E-state index contributed by atoms with van der Waals surface area (Å²) in [5.41, 5.74) is 7.15. The minimum absolute atomic E-state index is 0. The predicted molar refractivity (Wildman–Crippen MR) is 91.2 cm³/mol. The third kappa shape index (κ3) is 5.08. The lowest BCUT2D eigenvalue weighted by molar-refractivity contribution is 0.0936. The second-order valence-corrected chi connectivity index (χ2v) is 6.96. The number of rotatable bonds is 3. The summed E-state index contributed by atoms with van der Waals surface area (Å²) in [6.07, 6.45) is 4.83. The first-order chi connectivity index (χ1) is 9.37. The van der Waals surface area contributed by atoms with Crippen molar-refractivity contribution in [1.29, 1.82) is 0 Å². The Labute approximate surface area is 138 Å². The van der Waals surface area contributed by atoms with Gasteiger partial charge in [-0.3, -0.25) is 4.79 Å². The largest absolute Gasteiger partial charge is 0.399 e. The number of hydrogen-bond donors (Lipinski definition) is 2. The van der Waals surface area contributed by atoms with Gasteiger partial charge in [0.05, 0.1) is 10.6 Å². The fourth-order valence-electron chi connectivity index (χ4n) is 2.71. The Morgan fingerprint density at radius 3 is 2.57 bits per heavy atom. The van der Waals surface area contributed by atoms with E-state index in [4.69, 9.17) is 17.3 Å². The zero-order valence-corrected chi connectivity index (χ0v) is 14.2. The SMILES string of the molecule is CC1(C)CCC(CNC(=O)c2ccc(N)cc2Cl)CC1.Cl. The van der Waals surface area contributed by atoms with Gasteiger partial charge >= 0.3 is 0 Å². The molecule has 1 saturated carbocycles. The number of amides is 1. The van der Waals surface area contributed by atoms with E-state index in [1.807, 2.05) is 0 Å². The van der Waals surface area contributed by atoms with E-state index in [-0.39, 0.29) is 18.3 Å². The highest BCUT2D eigenvalue weighted by Gasteiger charge is 2.27. The quantitative estimate of drug-likeness (QED) is 0.812. The van der Waals surface area contributed by atoms with Gasteiger partial charge in [0.1, 0.15) is 0 Å². The predicted octanol–water partition coefficient (Wildman–Crippen LogP) is 4.29. The molecule has 0 aliphatic heterocycles. The van der Waals surface area contributed by atoms with Crippen molar-refractivity contribution in [3.05, 3.63) is 28.8 Å². The van der Waals surface area contributed by atoms with Crippen molar-refractivity contribution in [2.24, 2.45) is 11.3 Å². The summed E-state index contributed by atoms with van der Waals surface area (Å²) in [4.78, 5) is 12.1. The number of nitrogens with two attached hydrogens (primary N) is 1. The Balaban J connectivity index is 0.00000220. The zero-order chi connectivity index (χ0) is 14.8. The average molecular weight is 331 g/mol. The highest BCUT2D eigenvalue weighted by atomic mass is 35.5. The molecule has 0 unspecified atom stereocenters. The van der Waals surface area contributed by atoms with E-state index in [2.05, 4.69) is 19.2 Å². The molecule has 1 aromatic rings. The van der Waals surface area contributed by atoms with Crippen LogP contribution in [0.5, 0.6) is 0 Å². The highest BCUT2D eigenvalue weighted by molar-refractivity contribution is 6.34. The molecule has 0 spiro atoms. The van der Waals surface area contributed by atoms with Crippen LogP contribution in [0.2, 0.25) is 5.02 Å². The van der Waals surface area contributed by atoms with Crippen LogP contribution in [0.4, 0.5) is 5.69 Å². The maximum absolute atomic E-state index is 12.1. The Bertz CT molecular complexity index is 493. The lowest BCUT2D eigenvalue weighted by Gasteiger charge is -2.34. The van der Waals surface area contributed by atoms with Crippen molar-refractivity contribution in [1.82, 2.24) is 5.32 Å². The van der Waals surface area contributed by atoms with Crippen LogP contribution in [0.1, 0.15) is 49.9 Å². The van der Waals surface area contributed by atoms with Gasteiger partial charge in [-0.15, -0.1) is 12.4 Å². The summed E-state index contributed by atoms with van der Waals surface area (Å²) in [7, 11) is 0. The van der Waals surface area contributed by atoms with Crippen LogP contribution >= 0.6 is 24.0 Å². The molecule has 5 heteroatoms. The van der Waals surface area contributed by atoms with Crippen molar-refractivity contribution < 1.29 is 4.79 Å². The summed E-state index contributed by atoms with van der Waals surface area (Å²) >= 11 is 6.04. The van der Waals surface area contributed by atoms with Gasteiger partial charge in [-0.25, -0.2) is 0 Å². The number of halogens is 2. The van der Waals surface area contributed by atoms with E-state index in [0.717, 1.165) is 6.54 Å². The van der Waals surface area contributed by atoms with E-state index in [1.165, 1.54) is 25.7 Å². The molecule has 0 heterocycles. The average Bonchev–Trinajstić information content (AvgIpc) is 2.37. The van der Waals surface area contributed by atoms with Crippen LogP contribution in [0.3, 0.4) is 0 Å². The van der Waals surface area contributed by atoms with E-state index in [1.54, 1.807) is 18.2 Å². The van der Waals surface area contributed by atoms with Crippen LogP contribution in [0.25, 0.3) is 0 Å². The molecule has 118 valence electrons. The fraction of sp³-hybridized carbons (Fsp3) is 0.562. The van der Waals surface area contributed by atoms with Crippen LogP contribution < -0.4 is 11.1 Å². The summed E-state index contributed by atoms with van der Waals surface area (Å²) < 4.78 is 0. The normalized spacial score (nSPS) is 17.9. The topological polar surface area (TPSA) is 55.1 Å². The number of anilines is 1. The van der Waals surface area contributed by atoms with E-state index < -0.39 is 0 Å². The van der Waals surface area contributed by atoms with Crippen molar-refractivity contribution >= 4 is 35.6 Å². The van der Waals surface area contributed by atoms with Gasteiger partial charge in [0, 0.05) is 12.2 Å². The third-order valence-electron chi connectivity index (χ3n) is 4.25. The molecular formula is C16H24Cl2N2O. The van der Waals surface area contributed by atoms with E-state index in [0.29, 0.717) is 27.6 Å². The maximum Gasteiger partial charge on any atom is 0.252 e. The molecule has 2 rings (SSSR count). The summed E-state index contributed by atoms with van der Waals surface area (Å²) in [5.74, 6) is 0.472. The molecular weight excluding hydrogens is 307 g/mol. The minimum atomic E-state index is -0.111. The standard InChI is InChI=1S/C16H23ClN2O.ClH/c1-16(2)7-5-11(6-8-16)10-19-15(20)13-4-3-12(18)9-14(13)17;/h3-4,9,11H,5-8,10,18H2,1-2H3,(H,19,20);1H. The van der Waals surface area contributed by atoms with Crippen molar-refractivity contribution in [3.63, 3.8) is 0 Å². The van der Waals surface area contributed by atoms with E-state index in [9.17, 15) is 4.79 Å². The summed E-state index contributed by atoms with van der Waals surface area (Å²) in [5, 5.41) is 3.40. The molecule has 1 aromatic carbocycles. The molecule has 0 aromatic heterocycles. The molecule has 1 aliphatic rings. The molecule has 1 aliphatic carbocycles. The van der Waals surface area contributed by atoms with Crippen LogP contribution in [0.15, 0.2) is 18.2 Å². The number of benzene rings is 1. The maximum atomic E-state index is 12.1. The monoisotopic (exact) mass is 330 g/mol. The second-order valence-electron chi connectivity index (χ2n) is 6.56. The Morgan fingerprint density at radius 1 is 1.38 bits per heavy atom. The highest BCUT2D eigenvalue weighted by Crippen LogP contribution is 2.37. The van der Waals surface area contributed by atoms with Gasteiger partial charge in [-0.05, 0) is 55.2 Å². The minimum Gasteiger partial charge on any atom is -0.399 e. The molecule has 0 bridgehead atoms. The van der Waals surface area contributed by atoms with Gasteiger partial charge in [0.15, 0.2) is 0 Å². The first-order valence-corrected chi connectivity index (χ1v) is 7.58. The lowest BCUT2D eigenvalue weighted by atomic mass is 9.73.